The number of rotatable bonds is 1. The third-order valence-electron chi connectivity index (χ3n) is 4.86. The Morgan fingerprint density at radius 1 is 1.04 bits per heavy atom. The van der Waals surface area contributed by atoms with Crippen molar-refractivity contribution >= 4 is 5.71 Å². The SMILES string of the molecule is CON=C1CCc2cc(C)c(C)c(C)c2-c2ccc(=O)c([O-])cc21.[K+]. The second-order valence-corrected chi connectivity index (χ2v) is 6.23. The Balaban J connectivity index is 0.00000225. The van der Waals surface area contributed by atoms with Crippen LogP contribution in [0.15, 0.2) is 34.2 Å². The summed E-state index contributed by atoms with van der Waals surface area (Å²) in [5.41, 5.74) is 7.71. The summed E-state index contributed by atoms with van der Waals surface area (Å²) in [6, 6.07) is 6.70. The van der Waals surface area contributed by atoms with E-state index in [1.807, 2.05) is 0 Å². The van der Waals surface area contributed by atoms with Gasteiger partial charge in [-0.1, -0.05) is 23.0 Å². The predicted molar refractivity (Wildman–Crippen MR) is 93.7 cm³/mol. The van der Waals surface area contributed by atoms with Gasteiger partial charge in [0.25, 0.3) is 0 Å². The topological polar surface area (TPSA) is 61.7 Å². The second-order valence-electron chi connectivity index (χ2n) is 6.23. The van der Waals surface area contributed by atoms with Crippen LogP contribution in [0.5, 0.6) is 5.75 Å². The van der Waals surface area contributed by atoms with Crippen molar-refractivity contribution < 1.29 is 61.3 Å². The zero-order valence-corrected chi connectivity index (χ0v) is 18.5. The molecule has 5 heteroatoms. The van der Waals surface area contributed by atoms with Gasteiger partial charge in [-0.2, -0.15) is 0 Å². The van der Waals surface area contributed by atoms with Crippen LogP contribution in [0, 0.1) is 20.8 Å². The van der Waals surface area contributed by atoms with E-state index in [0.717, 1.165) is 17.5 Å². The van der Waals surface area contributed by atoms with E-state index in [2.05, 4.69) is 32.0 Å². The van der Waals surface area contributed by atoms with E-state index in [0.29, 0.717) is 17.7 Å². The first-order valence-corrected chi connectivity index (χ1v) is 8.00. The third kappa shape index (κ3) is 3.76. The van der Waals surface area contributed by atoms with Crippen molar-refractivity contribution in [3.05, 3.63) is 62.3 Å². The van der Waals surface area contributed by atoms with Crippen LogP contribution in [0.4, 0.5) is 0 Å². The van der Waals surface area contributed by atoms with E-state index in [9.17, 15) is 9.90 Å². The summed E-state index contributed by atoms with van der Waals surface area (Å²) in [6.07, 6.45) is 1.48. The van der Waals surface area contributed by atoms with Crippen LogP contribution >= 0.6 is 0 Å². The Morgan fingerprint density at radius 2 is 1.76 bits per heavy atom. The molecule has 0 aromatic heterocycles. The molecule has 0 spiro atoms. The first-order chi connectivity index (χ1) is 11.4. The van der Waals surface area contributed by atoms with Gasteiger partial charge in [-0.15, -0.1) is 0 Å². The number of fused-ring (bicyclic) bond motifs is 3. The molecule has 1 aliphatic carbocycles. The maximum atomic E-state index is 12.1. The van der Waals surface area contributed by atoms with Crippen LogP contribution in [-0.4, -0.2) is 12.8 Å². The summed E-state index contributed by atoms with van der Waals surface area (Å²) in [5.74, 6) is -0.523. The Labute approximate surface area is 190 Å². The molecule has 124 valence electrons. The molecular formula is C20H20KNO3. The van der Waals surface area contributed by atoms with Crippen molar-refractivity contribution in [3.63, 3.8) is 0 Å². The molecular weight excluding hydrogens is 341 g/mol. The summed E-state index contributed by atoms with van der Waals surface area (Å²) < 4.78 is 0. The monoisotopic (exact) mass is 361 g/mol. The molecule has 3 rings (SSSR count). The zero-order valence-electron chi connectivity index (χ0n) is 15.4. The molecule has 25 heavy (non-hydrogen) atoms. The molecule has 4 nitrogen and oxygen atoms in total. The van der Waals surface area contributed by atoms with Crippen molar-refractivity contribution in [3.8, 4) is 16.9 Å². The number of aryl methyl sites for hydroxylation is 2. The third-order valence-corrected chi connectivity index (χ3v) is 4.86. The first kappa shape index (κ1) is 20.3. The summed E-state index contributed by atoms with van der Waals surface area (Å²) in [7, 11) is 1.49. The number of benzene rings is 1. The smallest absolute Gasteiger partial charge is 0.870 e. The molecule has 0 saturated heterocycles. The Morgan fingerprint density at radius 3 is 2.44 bits per heavy atom. The quantitative estimate of drug-likeness (QED) is 0.531. The molecule has 0 amide bonds. The molecule has 0 heterocycles. The molecule has 0 unspecified atom stereocenters. The van der Waals surface area contributed by atoms with E-state index in [-0.39, 0.29) is 51.4 Å². The number of nitrogens with zero attached hydrogens (tertiary/aromatic N) is 1. The van der Waals surface area contributed by atoms with E-state index in [1.54, 1.807) is 6.07 Å². The van der Waals surface area contributed by atoms with Gasteiger partial charge in [0.2, 0.25) is 0 Å². The van der Waals surface area contributed by atoms with Gasteiger partial charge in [0.05, 0.1) is 5.71 Å². The molecule has 0 saturated carbocycles. The molecule has 0 aliphatic heterocycles. The second kappa shape index (κ2) is 8.14. The molecule has 2 aromatic rings. The van der Waals surface area contributed by atoms with Crippen LogP contribution in [-0.2, 0) is 11.3 Å². The van der Waals surface area contributed by atoms with E-state index in [1.165, 1.54) is 41.5 Å². The van der Waals surface area contributed by atoms with Crippen molar-refractivity contribution in [1.82, 2.24) is 0 Å². The van der Waals surface area contributed by atoms with Crippen LogP contribution < -0.4 is 61.9 Å². The standard InChI is InChI=1S/C20H21NO3.K/c1-11-9-14-5-7-17(21-24-4)16-10-19(23)18(22)8-6-15(16)20(14)13(3)12(11)2;/h6,8-10H,5,7H2,1-4H3,(H,22,23);/q;+1/p-1. The van der Waals surface area contributed by atoms with Crippen LogP contribution in [0.1, 0.15) is 34.2 Å². The van der Waals surface area contributed by atoms with E-state index in [4.69, 9.17) is 4.84 Å². The molecule has 0 N–H and O–H groups in total. The Bertz CT molecular complexity index is 920. The summed E-state index contributed by atoms with van der Waals surface area (Å²) in [5, 5.41) is 16.2. The normalized spacial score (nSPS) is 14.2. The van der Waals surface area contributed by atoms with E-state index < -0.39 is 11.2 Å². The summed E-state index contributed by atoms with van der Waals surface area (Å²) in [6.45, 7) is 6.29. The van der Waals surface area contributed by atoms with Gasteiger partial charge in [0.1, 0.15) is 7.11 Å². The van der Waals surface area contributed by atoms with Crippen LogP contribution in [0.25, 0.3) is 11.1 Å². The van der Waals surface area contributed by atoms with Crippen molar-refractivity contribution in [2.75, 3.05) is 7.11 Å². The number of hydrogen-bond acceptors (Lipinski definition) is 4. The Hall–Kier alpha value is -0.984. The fourth-order valence-corrected chi connectivity index (χ4v) is 3.40. The van der Waals surface area contributed by atoms with E-state index >= 15 is 0 Å². The summed E-state index contributed by atoms with van der Waals surface area (Å²) in [4.78, 5) is 16.8. The minimum atomic E-state index is -0.523. The average Bonchev–Trinajstić information content (AvgIpc) is 2.78. The number of hydrogen-bond donors (Lipinski definition) is 0. The zero-order chi connectivity index (χ0) is 17.4. The van der Waals surface area contributed by atoms with Gasteiger partial charge in [-0.05, 0) is 79.1 Å². The van der Waals surface area contributed by atoms with Crippen LogP contribution in [0.2, 0.25) is 0 Å². The van der Waals surface area contributed by atoms with Crippen molar-refractivity contribution in [1.29, 1.82) is 0 Å². The molecule has 1 aliphatic rings. The molecule has 2 aromatic carbocycles. The largest absolute Gasteiger partial charge is 1.00 e. The fraction of sp³-hybridized carbons (Fsp3) is 0.300. The molecule has 0 radical (unpaired) electrons. The Kier molecular flexibility index (Phi) is 6.62. The van der Waals surface area contributed by atoms with Crippen LogP contribution in [0.3, 0.4) is 0 Å². The van der Waals surface area contributed by atoms with Gasteiger partial charge in [0.15, 0.2) is 5.43 Å². The maximum absolute atomic E-state index is 12.1. The van der Waals surface area contributed by atoms with Gasteiger partial charge in [-0.25, -0.2) is 0 Å². The average molecular weight is 361 g/mol. The fourth-order valence-electron chi connectivity index (χ4n) is 3.40. The van der Waals surface area contributed by atoms with Gasteiger partial charge >= 0.3 is 51.4 Å². The minimum absolute atomic E-state index is 0. The van der Waals surface area contributed by atoms with Crippen molar-refractivity contribution in [2.45, 2.75) is 33.6 Å². The molecule has 0 bridgehead atoms. The minimum Gasteiger partial charge on any atom is -0.870 e. The molecule has 0 fully saturated rings. The first-order valence-electron chi connectivity index (χ1n) is 8.00. The molecule has 0 atom stereocenters. The number of oxime groups is 1. The predicted octanol–water partition coefficient (Wildman–Crippen LogP) is 0.0134. The van der Waals surface area contributed by atoms with Gasteiger partial charge < -0.3 is 9.94 Å². The van der Waals surface area contributed by atoms with Gasteiger partial charge in [-0.3, -0.25) is 4.79 Å². The maximum Gasteiger partial charge on any atom is 1.00 e. The van der Waals surface area contributed by atoms with Gasteiger partial charge in [0, 0.05) is 5.56 Å². The summed E-state index contributed by atoms with van der Waals surface area (Å²) >= 11 is 0. The van der Waals surface area contributed by atoms with Crippen molar-refractivity contribution in [2.24, 2.45) is 5.16 Å².